The molecule has 0 heterocycles. The molecular formula is C6H5N2O3+. The highest BCUT2D eigenvalue weighted by molar-refractivity contribution is 6.17. The minimum Gasteiger partial charge on any atom is -0.504 e. The number of rotatable bonds is 0. The highest BCUT2D eigenvalue weighted by Gasteiger charge is 2.23. The Labute approximate surface area is 61.5 Å². The average molecular weight is 153 g/mol. The second-order valence-corrected chi connectivity index (χ2v) is 1.92. The van der Waals surface area contributed by atoms with Crippen LogP contribution in [0.2, 0.25) is 0 Å². The van der Waals surface area contributed by atoms with Gasteiger partial charge in [0.25, 0.3) is 5.78 Å². The van der Waals surface area contributed by atoms with Gasteiger partial charge in [-0.05, 0) is 0 Å². The third kappa shape index (κ3) is 1.17. The lowest BCUT2D eigenvalue weighted by molar-refractivity contribution is -0.121. The molecule has 0 aliphatic heterocycles. The van der Waals surface area contributed by atoms with E-state index in [9.17, 15) is 4.79 Å². The summed E-state index contributed by atoms with van der Waals surface area (Å²) in [4.78, 5) is 13.6. The molecule has 0 atom stereocenters. The van der Waals surface area contributed by atoms with E-state index in [2.05, 4.69) is 4.79 Å². The summed E-state index contributed by atoms with van der Waals surface area (Å²) in [6.07, 6.45) is 2.02. The van der Waals surface area contributed by atoms with E-state index in [0.717, 1.165) is 12.2 Å². The summed E-state index contributed by atoms with van der Waals surface area (Å²) in [5, 5.41) is 17.6. The quantitative estimate of drug-likeness (QED) is 0.262. The van der Waals surface area contributed by atoms with Crippen LogP contribution >= 0.6 is 0 Å². The third-order valence-electron chi connectivity index (χ3n) is 1.16. The monoisotopic (exact) mass is 153 g/mol. The lowest BCUT2D eigenvalue weighted by Crippen LogP contribution is -2.13. The molecule has 1 rings (SSSR count). The minimum absolute atomic E-state index is 0.0413. The number of hydrogen-bond donors (Lipinski definition) is 3. The topological polar surface area (TPSA) is 95.5 Å². The molecule has 0 saturated carbocycles. The molecule has 0 fully saturated rings. The van der Waals surface area contributed by atoms with Crippen molar-refractivity contribution < 1.29 is 19.8 Å². The summed E-state index contributed by atoms with van der Waals surface area (Å²) in [6, 6.07) is 0. The highest BCUT2D eigenvalue weighted by Crippen LogP contribution is 2.06. The molecule has 1 aliphatic carbocycles. The van der Waals surface area contributed by atoms with Gasteiger partial charge in [-0.15, -0.1) is 0 Å². The van der Waals surface area contributed by atoms with E-state index >= 15 is 0 Å². The maximum Gasteiger partial charge on any atom is 0.372 e. The van der Waals surface area contributed by atoms with Gasteiger partial charge >= 0.3 is 5.71 Å². The van der Waals surface area contributed by atoms with Gasteiger partial charge in [0, 0.05) is 0 Å². The van der Waals surface area contributed by atoms with E-state index in [4.69, 9.17) is 15.7 Å². The van der Waals surface area contributed by atoms with Crippen molar-refractivity contribution in [3.63, 3.8) is 0 Å². The first-order valence-electron chi connectivity index (χ1n) is 2.75. The molecule has 56 valence electrons. The Morgan fingerprint density at radius 1 is 1.27 bits per heavy atom. The highest BCUT2D eigenvalue weighted by atomic mass is 16.3. The van der Waals surface area contributed by atoms with Crippen molar-refractivity contribution in [3.05, 3.63) is 23.7 Å². The van der Waals surface area contributed by atoms with E-state index in [1.807, 2.05) is 0 Å². The Bertz CT molecular complexity index is 297. The lowest BCUT2D eigenvalue weighted by Gasteiger charge is -1.98. The van der Waals surface area contributed by atoms with E-state index in [1.165, 1.54) is 0 Å². The van der Waals surface area contributed by atoms with Crippen LogP contribution in [0.1, 0.15) is 0 Å². The van der Waals surface area contributed by atoms with Crippen LogP contribution in [0.5, 0.6) is 0 Å². The summed E-state index contributed by atoms with van der Waals surface area (Å²) < 4.78 is 0. The molecule has 0 spiro atoms. The van der Waals surface area contributed by atoms with Crippen molar-refractivity contribution in [1.82, 2.24) is 0 Å². The van der Waals surface area contributed by atoms with Gasteiger partial charge < -0.3 is 10.2 Å². The molecule has 5 heteroatoms. The van der Waals surface area contributed by atoms with E-state index in [1.54, 1.807) is 0 Å². The van der Waals surface area contributed by atoms with Crippen LogP contribution in [0.4, 0.5) is 0 Å². The Balaban J connectivity index is 3.17. The van der Waals surface area contributed by atoms with Crippen LogP contribution < -0.4 is 0 Å². The van der Waals surface area contributed by atoms with E-state index < -0.39 is 17.3 Å². The first kappa shape index (κ1) is 7.24. The maximum absolute atomic E-state index is 10.6. The lowest BCUT2D eigenvalue weighted by atomic mass is 10.1. The normalized spacial score (nSPS) is 17.1. The van der Waals surface area contributed by atoms with Crippen LogP contribution in [0.15, 0.2) is 23.7 Å². The number of aliphatic hydroxyl groups excluding tert-OH is 2. The molecule has 3 N–H and O–H groups in total. The molecule has 0 amide bonds. The summed E-state index contributed by atoms with van der Waals surface area (Å²) in [5.74, 6) is -2.05. The minimum atomic E-state index is -0.850. The number of carbonyl (C=O) groups excluding carboxylic acids is 1. The van der Waals surface area contributed by atoms with Gasteiger partial charge in [0.2, 0.25) is 0 Å². The van der Waals surface area contributed by atoms with Crippen LogP contribution in [-0.2, 0) is 4.79 Å². The summed E-state index contributed by atoms with van der Waals surface area (Å²) >= 11 is 0. The predicted octanol–water partition coefficient (Wildman–Crippen LogP) is 0.133. The van der Waals surface area contributed by atoms with Crippen molar-refractivity contribution in [2.24, 2.45) is 0 Å². The molecule has 5 nitrogen and oxygen atoms in total. The number of nitrogens with one attached hydrogen (secondary N) is 1. The fraction of sp³-hybridized carbons (Fsp3) is 0. The standard InChI is InChI=1S/C6H4N2O3/c7-8-3-1-4(9)6(11)5(10)2-3/h1-2,7H,(H,9,10)/p+1. The fourth-order valence-electron chi connectivity index (χ4n) is 0.649. The number of carbonyl (C=O) groups is 1. The van der Waals surface area contributed by atoms with E-state index in [0.29, 0.717) is 0 Å². The smallest absolute Gasteiger partial charge is 0.372 e. The molecule has 11 heavy (non-hydrogen) atoms. The van der Waals surface area contributed by atoms with Crippen molar-refractivity contribution in [3.8, 4) is 0 Å². The van der Waals surface area contributed by atoms with Crippen molar-refractivity contribution in [2.75, 3.05) is 0 Å². The van der Waals surface area contributed by atoms with Gasteiger partial charge in [-0.2, -0.15) is 0 Å². The van der Waals surface area contributed by atoms with Crippen molar-refractivity contribution in [1.29, 1.82) is 5.53 Å². The summed E-state index contributed by atoms with van der Waals surface area (Å²) in [5.41, 5.74) is 6.55. The first-order chi connectivity index (χ1) is 5.15. The number of Topliss-reactive ketones (excluding diaryl/α,β-unsaturated/α-hetero) is 1. The zero-order chi connectivity index (χ0) is 8.43. The molecule has 1 aliphatic rings. The molecule has 0 aromatic rings. The molecule has 0 aromatic heterocycles. The third-order valence-corrected chi connectivity index (χ3v) is 1.16. The zero-order valence-corrected chi connectivity index (χ0v) is 5.40. The fourth-order valence-corrected chi connectivity index (χ4v) is 0.649. The van der Waals surface area contributed by atoms with Crippen LogP contribution in [-0.4, -0.2) is 26.5 Å². The Morgan fingerprint density at radius 2 is 1.73 bits per heavy atom. The zero-order valence-electron chi connectivity index (χ0n) is 5.40. The van der Waals surface area contributed by atoms with Crippen molar-refractivity contribution >= 4 is 11.5 Å². The Morgan fingerprint density at radius 3 is 2.09 bits per heavy atom. The number of nitrogens with zero attached hydrogens (tertiary/aromatic N) is 1. The SMILES string of the molecule is N=[N+]=C1C=C(O)C(=O)C(O)=C1. The van der Waals surface area contributed by atoms with Gasteiger partial charge in [-0.25, -0.2) is 0 Å². The molecule has 0 bridgehead atoms. The maximum atomic E-state index is 10.6. The number of aliphatic hydroxyl groups is 2. The van der Waals surface area contributed by atoms with Gasteiger partial charge in [0.1, 0.15) is 0 Å². The molecular weight excluding hydrogens is 148 g/mol. The van der Waals surface area contributed by atoms with Crippen LogP contribution in [0, 0.1) is 5.53 Å². The predicted molar refractivity (Wildman–Crippen MR) is 34.4 cm³/mol. The Kier molecular flexibility index (Phi) is 1.58. The summed E-state index contributed by atoms with van der Waals surface area (Å²) in [6.45, 7) is 0. The number of allylic oxidation sites excluding steroid dienone is 2. The molecule has 0 saturated heterocycles. The summed E-state index contributed by atoms with van der Waals surface area (Å²) in [7, 11) is 0. The second-order valence-electron chi connectivity index (χ2n) is 1.92. The molecule has 0 radical (unpaired) electrons. The number of hydrogen-bond acceptors (Lipinski definition) is 4. The van der Waals surface area contributed by atoms with Crippen LogP contribution in [0.25, 0.3) is 0 Å². The Hall–Kier alpha value is -1.87. The second kappa shape index (κ2) is 2.40. The molecule has 0 unspecified atom stereocenters. The molecule has 0 aromatic carbocycles. The average Bonchev–Trinajstić information content (AvgIpc) is 1.99. The van der Waals surface area contributed by atoms with Gasteiger partial charge in [0.05, 0.1) is 22.5 Å². The van der Waals surface area contributed by atoms with Gasteiger partial charge in [0.15, 0.2) is 11.5 Å². The van der Waals surface area contributed by atoms with Crippen molar-refractivity contribution in [2.45, 2.75) is 0 Å². The van der Waals surface area contributed by atoms with E-state index in [-0.39, 0.29) is 5.71 Å². The largest absolute Gasteiger partial charge is 0.504 e. The van der Waals surface area contributed by atoms with Gasteiger partial charge in [-0.3, -0.25) is 4.79 Å². The van der Waals surface area contributed by atoms with Crippen LogP contribution in [0.3, 0.4) is 0 Å². The van der Waals surface area contributed by atoms with Gasteiger partial charge in [-0.1, -0.05) is 0 Å². The first-order valence-corrected chi connectivity index (χ1v) is 2.75. The number of ketones is 1.